The Morgan fingerprint density at radius 3 is 2.56 bits per heavy atom. The van der Waals surface area contributed by atoms with Gasteiger partial charge >= 0.3 is 0 Å². The molecule has 1 aromatic heterocycles. The molecule has 0 saturated heterocycles. The Balaban J connectivity index is 1.53. The van der Waals surface area contributed by atoms with Gasteiger partial charge in [0.1, 0.15) is 12.4 Å². The number of hydrogen-bond donors (Lipinski definition) is 0. The van der Waals surface area contributed by atoms with E-state index in [-0.39, 0.29) is 18.1 Å². The van der Waals surface area contributed by atoms with Gasteiger partial charge in [-0.25, -0.2) is 4.99 Å². The maximum absolute atomic E-state index is 14.0. The normalized spacial score (nSPS) is 14.6. The Kier molecular flexibility index (Phi) is 9.31. The van der Waals surface area contributed by atoms with Crippen LogP contribution in [0.1, 0.15) is 49.1 Å². The van der Waals surface area contributed by atoms with E-state index in [1.165, 1.54) is 11.3 Å². The van der Waals surface area contributed by atoms with Crippen LogP contribution >= 0.6 is 38.9 Å². The third-order valence-electron chi connectivity index (χ3n) is 7.26. The third-order valence-corrected chi connectivity index (χ3v) is 9.12. The summed E-state index contributed by atoms with van der Waals surface area (Å²) in [6.07, 6.45) is 1.81. The standard InChI is InChI=1S/C33H28BrClN4O3S/c1-4-38(5-2)32(41)29-20(3)37-33-39(30(29)22-11-13-25(35)14-12-22)31(40)28(43-33)17-21-10-15-27(26(34)16-21)42-19-24-9-7-6-8-23(24)18-36/h6-17,30H,4-5,19H2,1-3H3/b28-17+/t30-/m1/s1. The molecule has 218 valence electrons. The van der Waals surface area contributed by atoms with Crippen molar-refractivity contribution in [3.05, 3.63) is 129 Å². The molecule has 1 atom stereocenters. The van der Waals surface area contributed by atoms with Gasteiger partial charge in [0.05, 0.1) is 37.9 Å². The molecule has 0 bridgehead atoms. The van der Waals surface area contributed by atoms with Gasteiger partial charge in [0.25, 0.3) is 11.5 Å². The highest BCUT2D eigenvalue weighted by Crippen LogP contribution is 2.32. The molecule has 0 unspecified atom stereocenters. The Bertz CT molecular complexity index is 1950. The summed E-state index contributed by atoms with van der Waals surface area (Å²) < 4.78 is 8.79. The monoisotopic (exact) mass is 674 g/mol. The maximum Gasteiger partial charge on any atom is 0.271 e. The molecule has 0 spiro atoms. The number of nitrogens with zero attached hydrogens (tertiary/aromatic N) is 4. The number of rotatable bonds is 8. The Hall–Kier alpha value is -3.97. The van der Waals surface area contributed by atoms with Crippen molar-refractivity contribution in [3.8, 4) is 11.8 Å². The van der Waals surface area contributed by atoms with E-state index < -0.39 is 6.04 Å². The molecule has 0 fully saturated rings. The number of carbonyl (C=O) groups excluding carboxylic acids is 1. The third kappa shape index (κ3) is 6.23. The molecule has 4 aromatic rings. The van der Waals surface area contributed by atoms with Gasteiger partial charge < -0.3 is 9.64 Å². The van der Waals surface area contributed by atoms with Crippen molar-refractivity contribution in [1.82, 2.24) is 9.47 Å². The van der Waals surface area contributed by atoms with Crippen LogP contribution in [0.15, 0.2) is 92.3 Å². The average Bonchev–Trinajstić information content (AvgIpc) is 3.30. The quantitative estimate of drug-likeness (QED) is 0.230. The van der Waals surface area contributed by atoms with Gasteiger partial charge in [-0.3, -0.25) is 14.2 Å². The molecule has 3 aromatic carbocycles. The first-order valence-corrected chi connectivity index (χ1v) is 15.7. The molecule has 1 aliphatic rings. The van der Waals surface area contributed by atoms with Gasteiger partial charge in [-0.15, -0.1) is 0 Å². The molecule has 0 saturated carbocycles. The van der Waals surface area contributed by atoms with Crippen molar-refractivity contribution in [2.24, 2.45) is 4.99 Å². The Labute approximate surface area is 266 Å². The molecule has 0 radical (unpaired) electrons. The Morgan fingerprint density at radius 1 is 1.16 bits per heavy atom. The number of thiazole rings is 1. The molecule has 10 heteroatoms. The molecule has 1 aliphatic heterocycles. The topological polar surface area (TPSA) is 87.7 Å². The first kappa shape index (κ1) is 30.5. The smallest absolute Gasteiger partial charge is 0.271 e. The fourth-order valence-corrected chi connectivity index (χ4v) is 6.71. The number of ether oxygens (including phenoxy) is 1. The molecule has 7 nitrogen and oxygen atoms in total. The summed E-state index contributed by atoms with van der Waals surface area (Å²) in [6.45, 7) is 7.03. The lowest BCUT2D eigenvalue weighted by atomic mass is 9.94. The second-order valence-corrected chi connectivity index (χ2v) is 12.2. The van der Waals surface area contributed by atoms with E-state index in [2.05, 4.69) is 22.0 Å². The van der Waals surface area contributed by atoms with Crippen molar-refractivity contribution in [1.29, 1.82) is 5.26 Å². The van der Waals surface area contributed by atoms with Crippen molar-refractivity contribution in [2.45, 2.75) is 33.4 Å². The number of allylic oxidation sites excluding steroid dienone is 1. The first-order valence-electron chi connectivity index (χ1n) is 13.7. The lowest BCUT2D eigenvalue weighted by Crippen LogP contribution is -2.43. The van der Waals surface area contributed by atoms with E-state index in [0.29, 0.717) is 54.5 Å². The van der Waals surface area contributed by atoms with E-state index >= 15 is 0 Å². The number of fused-ring (bicyclic) bond motifs is 1. The van der Waals surface area contributed by atoms with Crippen LogP contribution in [-0.4, -0.2) is 28.5 Å². The van der Waals surface area contributed by atoms with Crippen molar-refractivity contribution in [2.75, 3.05) is 13.1 Å². The van der Waals surface area contributed by atoms with Crippen LogP contribution in [0.5, 0.6) is 5.75 Å². The zero-order valence-corrected chi connectivity index (χ0v) is 27.0. The number of hydrogen-bond acceptors (Lipinski definition) is 6. The minimum atomic E-state index is -0.637. The number of benzene rings is 3. The van der Waals surface area contributed by atoms with Crippen LogP contribution in [0, 0.1) is 11.3 Å². The Morgan fingerprint density at radius 2 is 1.88 bits per heavy atom. The number of aromatic nitrogens is 1. The minimum absolute atomic E-state index is 0.141. The highest BCUT2D eigenvalue weighted by Gasteiger charge is 2.34. The van der Waals surface area contributed by atoms with E-state index in [1.54, 1.807) is 27.7 Å². The number of nitriles is 1. The fraction of sp³-hybridized carbons (Fsp3) is 0.212. The number of amides is 1. The summed E-state index contributed by atoms with van der Waals surface area (Å²) >= 11 is 11.1. The average molecular weight is 676 g/mol. The van der Waals surface area contributed by atoms with E-state index in [0.717, 1.165) is 16.7 Å². The fourth-order valence-electron chi connectivity index (χ4n) is 5.02. The lowest BCUT2D eigenvalue weighted by molar-refractivity contribution is -0.127. The number of carbonyl (C=O) groups is 1. The summed E-state index contributed by atoms with van der Waals surface area (Å²) in [5.74, 6) is 0.474. The number of halogens is 2. The van der Waals surface area contributed by atoms with Crippen LogP contribution in [-0.2, 0) is 11.4 Å². The maximum atomic E-state index is 14.0. The molecule has 43 heavy (non-hydrogen) atoms. The van der Waals surface area contributed by atoms with Gasteiger partial charge in [0.2, 0.25) is 0 Å². The van der Waals surface area contributed by atoms with Crippen molar-refractivity contribution in [3.63, 3.8) is 0 Å². The van der Waals surface area contributed by atoms with Crippen LogP contribution in [0.2, 0.25) is 5.02 Å². The van der Waals surface area contributed by atoms with Gasteiger partial charge in [-0.05, 0) is 84.2 Å². The lowest BCUT2D eigenvalue weighted by Gasteiger charge is -2.29. The van der Waals surface area contributed by atoms with E-state index in [4.69, 9.17) is 21.3 Å². The second-order valence-electron chi connectivity index (χ2n) is 9.86. The SMILES string of the molecule is CCN(CC)C(=O)C1=C(C)N=c2s/c(=C/c3ccc(OCc4ccccc4C#N)c(Br)c3)c(=O)n2[C@@H]1c1ccc(Cl)cc1. The predicted octanol–water partition coefficient (Wildman–Crippen LogP) is 5.97. The van der Waals surface area contributed by atoms with Crippen LogP contribution in [0.3, 0.4) is 0 Å². The van der Waals surface area contributed by atoms with Crippen LogP contribution < -0.4 is 19.6 Å². The van der Waals surface area contributed by atoms with Crippen LogP contribution in [0.4, 0.5) is 0 Å². The summed E-state index contributed by atoms with van der Waals surface area (Å²) in [7, 11) is 0. The molecule has 0 aliphatic carbocycles. The van der Waals surface area contributed by atoms with Crippen LogP contribution in [0.25, 0.3) is 6.08 Å². The predicted molar refractivity (Wildman–Crippen MR) is 173 cm³/mol. The van der Waals surface area contributed by atoms with Gasteiger partial charge in [0, 0.05) is 23.7 Å². The van der Waals surface area contributed by atoms with Crippen molar-refractivity contribution < 1.29 is 9.53 Å². The number of likely N-dealkylation sites (N-methyl/N-ethyl adjacent to an activating group) is 1. The van der Waals surface area contributed by atoms with E-state index in [9.17, 15) is 14.9 Å². The highest BCUT2D eigenvalue weighted by atomic mass is 79.9. The second kappa shape index (κ2) is 13.1. The minimum Gasteiger partial charge on any atom is -0.488 e. The zero-order chi connectivity index (χ0) is 30.7. The summed E-state index contributed by atoms with van der Waals surface area (Å²) in [6, 6.07) is 21.7. The molecular weight excluding hydrogens is 648 g/mol. The first-order chi connectivity index (χ1) is 20.7. The van der Waals surface area contributed by atoms with Crippen molar-refractivity contribution >= 4 is 50.9 Å². The molecule has 5 rings (SSSR count). The molecular formula is C33H28BrClN4O3S. The zero-order valence-electron chi connectivity index (χ0n) is 23.8. The largest absolute Gasteiger partial charge is 0.488 e. The highest BCUT2D eigenvalue weighted by molar-refractivity contribution is 9.10. The summed E-state index contributed by atoms with van der Waals surface area (Å²) in [4.78, 5) is 34.7. The van der Waals surface area contributed by atoms with Gasteiger partial charge in [-0.2, -0.15) is 5.26 Å². The molecule has 2 heterocycles. The molecule has 1 amide bonds. The van der Waals surface area contributed by atoms with Gasteiger partial charge in [-0.1, -0.05) is 59.3 Å². The summed E-state index contributed by atoms with van der Waals surface area (Å²) in [5, 5.41) is 9.92. The van der Waals surface area contributed by atoms with E-state index in [1.807, 2.05) is 75.4 Å². The summed E-state index contributed by atoms with van der Waals surface area (Å²) in [5.41, 5.74) is 3.78. The van der Waals surface area contributed by atoms with Gasteiger partial charge in [0.15, 0.2) is 4.80 Å². The molecule has 0 N–H and O–H groups in total.